The van der Waals surface area contributed by atoms with Crippen LogP contribution in [0.3, 0.4) is 0 Å². The summed E-state index contributed by atoms with van der Waals surface area (Å²) in [7, 11) is 0. The van der Waals surface area contributed by atoms with E-state index >= 15 is 0 Å². The summed E-state index contributed by atoms with van der Waals surface area (Å²) in [6.45, 7) is 4.06. The van der Waals surface area contributed by atoms with Gasteiger partial charge in [0.15, 0.2) is 0 Å². The number of aryl methyl sites for hydroxylation is 2. The number of carboxylic acids is 1. The van der Waals surface area contributed by atoms with Crippen LogP contribution in [0, 0.1) is 30.6 Å². The Morgan fingerprint density at radius 1 is 1.43 bits per heavy atom. The highest BCUT2D eigenvalue weighted by Gasteiger charge is 2.39. The Bertz CT molecular complexity index is 584. The van der Waals surface area contributed by atoms with Gasteiger partial charge in [0, 0.05) is 12.2 Å². The van der Waals surface area contributed by atoms with Gasteiger partial charge in [-0.2, -0.15) is 5.26 Å². The molecule has 5 nitrogen and oxygen atoms in total. The van der Waals surface area contributed by atoms with Crippen molar-refractivity contribution in [3.05, 3.63) is 22.9 Å². The van der Waals surface area contributed by atoms with E-state index < -0.39 is 11.4 Å². The quantitative estimate of drug-likeness (QED) is 0.889. The number of anilines is 1. The summed E-state index contributed by atoms with van der Waals surface area (Å²) < 4.78 is 0. The molecule has 5 heteroatoms. The Hall–Kier alpha value is -2.09. The van der Waals surface area contributed by atoms with E-state index in [0.717, 1.165) is 30.5 Å². The van der Waals surface area contributed by atoms with Gasteiger partial charge in [-0.25, -0.2) is 4.98 Å². The zero-order chi connectivity index (χ0) is 15.5. The molecule has 2 N–H and O–H groups in total. The monoisotopic (exact) mass is 287 g/mol. The Morgan fingerprint density at radius 2 is 2.10 bits per heavy atom. The first-order chi connectivity index (χ1) is 9.98. The van der Waals surface area contributed by atoms with Crippen LogP contribution in [-0.2, 0) is 4.79 Å². The molecule has 1 saturated carbocycles. The lowest BCUT2D eigenvalue weighted by Gasteiger charge is -2.33. The molecule has 0 atom stereocenters. The smallest absolute Gasteiger partial charge is 0.311 e. The van der Waals surface area contributed by atoms with E-state index in [9.17, 15) is 15.2 Å². The van der Waals surface area contributed by atoms with Crippen LogP contribution >= 0.6 is 0 Å². The molecule has 0 radical (unpaired) electrons. The van der Waals surface area contributed by atoms with Crippen LogP contribution in [0.2, 0.25) is 0 Å². The third-order valence-corrected chi connectivity index (χ3v) is 4.32. The second kappa shape index (κ2) is 6.13. The minimum Gasteiger partial charge on any atom is -0.481 e. The molecular formula is C16H21N3O2. The fourth-order valence-corrected chi connectivity index (χ4v) is 3.05. The van der Waals surface area contributed by atoms with E-state index in [-0.39, 0.29) is 0 Å². The summed E-state index contributed by atoms with van der Waals surface area (Å²) in [5.74, 6) is -0.251. The van der Waals surface area contributed by atoms with E-state index in [0.29, 0.717) is 30.8 Å². The molecule has 0 spiro atoms. The highest BCUT2D eigenvalue weighted by molar-refractivity contribution is 5.75. The Balaban J connectivity index is 2.22. The first-order valence-electron chi connectivity index (χ1n) is 7.34. The molecule has 0 aliphatic heterocycles. The molecule has 0 aromatic carbocycles. The lowest BCUT2D eigenvalue weighted by atomic mass is 9.74. The minimum absolute atomic E-state index is 0.326. The first-order valence-corrected chi connectivity index (χ1v) is 7.34. The second-order valence-corrected chi connectivity index (χ2v) is 5.92. The molecule has 0 unspecified atom stereocenters. The van der Waals surface area contributed by atoms with Crippen molar-refractivity contribution in [2.24, 2.45) is 5.41 Å². The van der Waals surface area contributed by atoms with Crippen molar-refractivity contribution >= 4 is 11.8 Å². The molecular weight excluding hydrogens is 266 g/mol. The van der Waals surface area contributed by atoms with Crippen molar-refractivity contribution in [1.29, 1.82) is 5.26 Å². The standard InChI is InChI=1S/C16H21N3O2/c1-11-8-12(2)19-14(13(11)9-17)18-10-16(15(20)21)6-4-3-5-7-16/h8H,3-7,10H2,1-2H3,(H,18,19)(H,20,21). The first kappa shape index (κ1) is 15.3. The van der Waals surface area contributed by atoms with E-state index in [1.807, 2.05) is 19.9 Å². The van der Waals surface area contributed by atoms with Crippen molar-refractivity contribution in [1.82, 2.24) is 4.98 Å². The minimum atomic E-state index is -0.752. The van der Waals surface area contributed by atoms with E-state index in [4.69, 9.17) is 0 Å². The van der Waals surface area contributed by atoms with Crippen LogP contribution in [-0.4, -0.2) is 22.6 Å². The number of nitrogens with one attached hydrogen (secondary N) is 1. The number of aromatic nitrogens is 1. The summed E-state index contributed by atoms with van der Waals surface area (Å²) in [6.07, 6.45) is 4.35. The Labute approximate surface area is 125 Å². The fraction of sp³-hybridized carbons (Fsp3) is 0.562. The summed E-state index contributed by atoms with van der Waals surface area (Å²) in [6, 6.07) is 4.01. The summed E-state index contributed by atoms with van der Waals surface area (Å²) >= 11 is 0. The number of pyridine rings is 1. The topological polar surface area (TPSA) is 86.0 Å². The number of nitriles is 1. The molecule has 1 aliphatic rings. The lowest BCUT2D eigenvalue weighted by molar-refractivity contribution is -0.150. The average Bonchev–Trinajstić information content (AvgIpc) is 2.45. The van der Waals surface area contributed by atoms with Crippen molar-refractivity contribution in [3.63, 3.8) is 0 Å². The summed E-state index contributed by atoms with van der Waals surface area (Å²) in [5, 5.41) is 22.0. The maximum atomic E-state index is 11.7. The molecule has 112 valence electrons. The van der Waals surface area contributed by atoms with Crippen molar-refractivity contribution < 1.29 is 9.90 Å². The number of carbonyl (C=O) groups is 1. The highest BCUT2D eigenvalue weighted by atomic mass is 16.4. The van der Waals surface area contributed by atoms with Gasteiger partial charge < -0.3 is 10.4 Å². The highest BCUT2D eigenvalue weighted by Crippen LogP contribution is 2.37. The van der Waals surface area contributed by atoms with Gasteiger partial charge >= 0.3 is 5.97 Å². The Kier molecular flexibility index (Phi) is 4.46. The van der Waals surface area contributed by atoms with Crippen molar-refractivity contribution in [2.45, 2.75) is 46.0 Å². The third-order valence-electron chi connectivity index (χ3n) is 4.32. The number of hydrogen-bond acceptors (Lipinski definition) is 4. The molecule has 1 heterocycles. The van der Waals surface area contributed by atoms with E-state index in [2.05, 4.69) is 16.4 Å². The van der Waals surface area contributed by atoms with Gasteiger partial charge in [0.05, 0.1) is 11.0 Å². The van der Waals surface area contributed by atoms with Crippen LogP contribution in [0.15, 0.2) is 6.07 Å². The predicted octanol–water partition coefficient (Wildman–Crippen LogP) is 3.02. The maximum absolute atomic E-state index is 11.7. The van der Waals surface area contributed by atoms with Crippen LogP contribution in [0.25, 0.3) is 0 Å². The molecule has 1 aliphatic carbocycles. The van der Waals surface area contributed by atoms with Gasteiger partial charge in [-0.1, -0.05) is 19.3 Å². The number of hydrogen-bond donors (Lipinski definition) is 2. The molecule has 1 aromatic rings. The van der Waals surface area contributed by atoms with Crippen LogP contribution in [0.5, 0.6) is 0 Å². The van der Waals surface area contributed by atoms with Gasteiger partial charge in [-0.3, -0.25) is 4.79 Å². The van der Waals surface area contributed by atoms with E-state index in [1.54, 1.807) is 0 Å². The number of aliphatic carboxylic acids is 1. The van der Waals surface area contributed by atoms with Crippen molar-refractivity contribution in [3.8, 4) is 6.07 Å². The van der Waals surface area contributed by atoms with Gasteiger partial charge in [0.25, 0.3) is 0 Å². The predicted molar refractivity (Wildman–Crippen MR) is 80.1 cm³/mol. The summed E-state index contributed by atoms with van der Waals surface area (Å²) in [5.41, 5.74) is 1.45. The molecule has 0 saturated heterocycles. The number of nitrogens with zero attached hydrogens (tertiary/aromatic N) is 2. The largest absolute Gasteiger partial charge is 0.481 e. The molecule has 2 rings (SSSR count). The maximum Gasteiger partial charge on any atom is 0.311 e. The Morgan fingerprint density at radius 3 is 2.67 bits per heavy atom. The van der Waals surface area contributed by atoms with Gasteiger partial charge in [0.1, 0.15) is 11.9 Å². The average molecular weight is 287 g/mol. The molecule has 0 bridgehead atoms. The van der Waals surface area contributed by atoms with Gasteiger partial charge in [-0.15, -0.1) is 0 Å². The van der Waals surface area contributed by atoms with Crippen LogP contribution in [0.4, 0.5) is 5.82 Å². The zero-order valence-electron chi connectivity index (χ0n) is 12.6. The second-order valence-electron chi connectivity index (χ2n) is 5.92. The number of carboxylic acid groups (broad SMARTS) is 1. The fourth-order valence-electron chi connectivity index (χ4n) is 3.05. The van der Waals surface area contributed by atoms with Crippen LogP contribution < -0.4 is 5.32 Å². The lowest BCUT2D eigenvalue weighted by Crippen LogP contribution is -2.40. The molecule has 0 amide bonds. The molecule has 21 heavy (non-hydrogen) atoms. The summed E-state index contributed by atoms with van der Waals surface area (Å²) in [4.78, 5) is 16.0. The number of rotatable bonds is 4. The van der Waals surface area contributed by atoms with Gasteiger partial charge in [-0.05, 0) is 38.3 Å². The SMILES string of the molecule is Cc1cc(C)c(C#N)c(NCC2(C(=O)O)CCCCC2)n1. The third kappa shape index (κ3) is 3.15. The van der Waals surface area contributed by atoms with Crippen molar-refractivity contribution in [2.75, 3.05) is 11.9 Å². The zero-order valence-corrected chi connectivity index (χ0v) is 12.6. The van der Waals surface area contributed by atoms with E-state index in [1.165, 1.54) is 0 Å². The molecule has 1 aromatic heterocycles. The molecule has 1 fully saturated rings. The van der Waals surface area contributed by atoms with Gasteiger partial charge in [0.2, 0.25) is 0 Å². The van der Waals surface area contributed by atoms with Crippen LogP contribution in [0.1, 0.15) is 48.9 Å². The normalized spacial score (nSPS) is 17.0.